The number of aromatic nitrogens is 1. The van der Waals surface area contributed by atoms with E-state index in [0.29, 0.717) is 11.6 Å². The number of ether oxygens (including phenoxy) is 1. The van der Waals surface area contributed by atoms with E-state index < -0.39 is 0 Å². The molecular weight excluding hydrogens is 212 g/mol. The third-order valence-corrected chi connectivity index (χ3v) is 3.08. The number of hydrogen-bond donors (Lipinski definition) is 1. The predicted molar refractivity (Wildman–Crippen MR) is 59.0 cm³/mol. The molecule has 82 valence electrons. The maximum absolute atomic E-state index is 11.5. The van der Waals surface area contributed by atoms with E-state index >= 15 is 0 Å². The number of nitrogens with one attached hydrogen (secondary N) is 1. The first kappa shape index (κ1) is 10.6. The van der Waals surface area contributed by atoms with Crippen LogP contribution in [0.2, 0.25) is 0 Å². The Morgan fingerprint density at radius 2 is 2.67 bits per heavy atom. The topological polar surface area (TPSA) is 51.2 Å². The Balaban J connectivity index is 1.68. The molecule has 0 spiro atoms. The third-order valence-electron chi connectivity index (χ3n) is 2.40. The van der Waals surface area contributed by atoms with Gasteiger partial charge in [-0.25, -0.2) is 4.98 Å². The van der Waals surface area contributed by atoms with Crippen LogP contribution in [0.5, 0.6) is 0 Å². The average molecular weight is 226 g/mol. The molecule has 2 heterocycles. The van der Waals surface area contributed by atoms with Crippen LogP contribution in [0.3, 0.4) is 0 Å². The molecule has 1 fully saturated rings. The highest BCUT2D eigenvalue weighted by molar-refractivity contribution is 7.13. The van der Waals surface area contributed by atoms with Gasteiger partial charge in [0, 0.05) is 24.6 Å². The van der Waals surface area contributed by atoms with Crippen LogP contribution in [0.4, 0.5) is 5.13 Å². The van der Waals surface area contributed by atoms with E-state index in [9.17, 15) is 4.79 Å². The zero-order valence-corrected chi connectivity index (χ0v) is 9.26. The van der Waals surface area contributed by atoms with Crippen molar-refractivity contribution in [1.29, 1.82) is 0 Å². The van der Waals surface area contributed by atoms with Crippen LogP contribution in [0.25, 0.3) is 0 Å². The van der Waals surface area contributed by atoms with Crippen molar-refractivity contribution >= 4 is 22.4 Å². The molecule has 1 aromatic heterocycles. The van der Waals surface area contributed by atoms with Crippen LogP contribution in [0.1, 0.15) is 25.7 Å². The fourth-order valence-corrected chi connectivity index (χ4v) is 2.18. The zero-order valence-electron chi connectivity index (χ0n) is 8.44. The van der Waals surface area contributed by atoms with E-state index in [4.69, 9.17) is 4.74 Å². The Bertz CT molecular complexity index is 307. The van der Waals surface area contributed by atoms with Crippen molar-refractivity contribution in [3.05, 3.63) is 11.6 Å². The minimum atomic E-state index is 0.0282. The lowest BCUT2D eigenvalue weighted by Gasteiger charge is -2.07. The predicted octanol–water partition coefficient (Wildman–Crippen LogP) is 2.04. The molecule has 1 amide bonds. The first-order valence-electron chi connectivity index (χ1n) is 5.15. The standard InChI is InChI=1S/C10H14N2O2S/c13-9(12-10-11-5-7-15-10)4-3-8-2-1-6-14-8/h5,7-8H,1-4,6H2,(H,11,12,13). The van der Waals surface area contributed by atoms with Crippen LogP contribution in [0, 0.1) is 0 Å². The highest BCUT2D eigenvalue weighted by Gasteiger charge is 2.16. The molecule has 1 N–H and O–H groups in total. The number of nitrogens with zero attached hydrogens (tertiary/aromatic N) is 1. The summed E-state index contributed by atoms with van der Waals surface area (Å²) in [6.07, 6.45) is 5.51. The molecule has 1 atom stereocenters. The van der Waals surface area contributed by atoms with E-state index in [1.807, 2.05) is 5.38 Å². The summed E-state index contributed by atoms with van der Waals surface area (Å²) in [6, 6.07) is 0. The second kappa shape index (κ2) is 5.23. The molecular formula is C10H14N2O2S. The molecule has 1 aliphatic heterocycles. The van der Waals surface area contributed by atoms with Crippen molar-refractivity contribution in [2.24, 2.45) is 0 Å². The SMILES string of the molecule is O=C(CCC1CCCO1)Nc1nccs1. The van der Waals surface area contributed by atoms with E-state index in [1.165, 1.54) is 11.3 Å². The van der Waals surface area contributed by atoms with Crippen molar-refractivity contribution in [2.75, 3.05) is 11.9 Å². The van der Waals surface area contributed by atoms with E-state index in [1.54, 1.807) is 6.20 Å². The molecule has 1 aromatic rings. The summed E-state index contributed by atoms with van der Waals surface area (Å²) in [5.74, 6) is 0.0282. The van der Waals surface area contributed by atoms with Gasteiger partial charge in [-0.3, -0.25) is 4.79 Å². The van der Waals surface area contributed by atoms with Crippen LogP contribution in [-0.2, 0) is 9.53 Å². The second-order valence-electron chi connectivity index (χ2n) is 3.56. The van der Waals surface area contributed by atoms with Gasteiger partial charge in [-0.1, -0.05) is 0 Å². The largest absolute Gasteiger partial charge is 0.378 e. The number of hydrogen-bond acceptors (Lipinski definition) is 4. The Labute approximate surface area is 92.7 Å². The number of anilines is 1. The van der Waals surface area contributed by atoms with E-state index in [0.717, 1.165) is 25.9 Å². The van der Waals surface area contributed by atoms with Crippen molar-refractivity contribution < 1.29 is 9.53 Å². The number of carbonyl (C=O) groups excluding carboxylic acids is 1. The number of amides is 1. The molecule has 5 heteroatoms. The minimum absolute atomic E-state index is 0.0282. The van der Waals surface area contributed by atoms with Gasteiger partial charge >= 0.3 is 0 Å². The summed E-state index contributed by atoms with van der Waals surface area (Å²) in [7, 11) is 0. The van der Waals surface area contributed by atoms with Gasteiger partial charge in [0.2, 0.25) is 5.91 Å². The van der Waals surface area contributed by atoms with Gasteiger partial charge in [0.15, 0.2) is 5.13 Å². The second-order valence-corrected chi connectivity index (χ2v) is 4.45. The van der Waals surface area contributed by atoms with Crippen LogP contribution < -0.4 is 5.32 Å². The monoisotopic (exact) mass is 226 g/mol. The number of thiazole rings is 1. The summed E-state index contributed by atoms with van der Waals surface area (Å²) < 4.78 is 5.45. The molecule has 4 nitrogen and oxygen atoms in total. The van der Waals surface area contributed by atoms with Crippen LogP contribution in [0.15, 0.2) is 11.6 Å². The van der Waals surface area contributed by atoms with Gasteiger partial charge in [0.1, 0.15) is 0 Å². The highest BCUT2D eigenvalue weighted by Crippen LogP contribution is 2.17. The summed E-state index contributed by atoms with van der Waals surface area (Å²) in [4.78, 5) is 15.5. The van der Waals surface area contributed by atoms with Crippen molar-refractivity contribution in [3.8, 4) is 0 Å². The zero-order chi connectivity index (χ0) is 10.5. The molecule has 0 radical (unpaired) electrons. The van der Waals surface area contributed by atoms with Crippen LogP contribution in [-0.4, -0.2) is 23.6 Å². The maximum atomic E-state index is 11.5. The molecule has 0 aliphatic carbocycles. The summed E-state index contributed by atoms with van der Waals surface area (Å²) in [6.45, 7) is 0.846. The Kier molecular flexibility index (Phi) is 3.69. The normalized spacial score (nSPS) is 20.4. The Morgan fingerprint density at radius 3 is 3.33 bits per heavy atom. The van der Waals surface area contributed by atoms with Gasteiger partial charge in [0.25, 0.3) is 0 Å². The highest BCUT2D eigenvalue weighted by atomic mass is 32.1. The Hall–Kier alpha value is -0.940. The Morgan fingerprint density at radius 1 is 1.73 bits per heavy atom. The third kappa shape index (κ3) is 3.28. The van der Waals surface area contributed by atoms with Gasteiger partial charge in [-0.2, -0.15) is 0 Å². The number of rotatable bonds is 4. The molecule has 0 saturated carbocycles. The lowest BCUT2D eigenvalue weighted by molar-refractivity contribution is -0.116. The maximum Gasteiger partial charge on any atom is 0.226 e. The minimum Gasteiger partial charge on any atom is -0.378 e. The lowest BCUT2D eigenvalue weighted by atomic mass is 10.1. The average Bonchev–Trinajstić information content (AvgIpc) is 2.86. The first-order valence-corrected chi connectivity index (χ1v) is 6.03. The van der Waals surface area contributed by atoms with E-state index in [2.05, 4.69) is 10.3 Å². The van der Waals surface area contributed by atoms with Crippen molar-refractivity contribution in [2.45, 2.75) is 31.8 Å². The molecule has 1 unspecified atom stereocenters. The molecule has 2 rings (SSSR count). The summed E-state index contributed by atoms with van der Waals surface area (Å²) in [5.41, 5.74) is 0. The summed E-state index contributed by atoms with van der Waals surface area (Å²) in [5, 5.41) is 5.28. The van der Waals surface area contributed by atoms with Crippen molar-refractivity contribution in [3.63, 3.8) is 0 Å². The molecule has 0 aromatic carbocycles. The van der Waals surface area contributed by atoms with Gasteiger partial charge in [-0.05, 0) is 19.3 Å². The van der Waals surface area contributed by atoms with Gasteiger partial charge in [-0.15, -0.1) is 11.3 Å². The first-order chi connectivity index (χ1) is 7.34. The number of carbonyl (C=O) groups is 1. The summed E-state index contributed by atoms with van der Waals surface area (Å²) >= 11 is 1.44. The van der Waals surface area contributed by atoms with Crippen molar-refractivity contribution in [1.82, 2.24) is 4.98 Å². The van der Waals surface area contributed by atoms with Gasteiger partial charge < -0.3 is 10.1 Å². The molecule has 1 aliphatic rings. The smallest absolute Gasteiger partial charge is 0.226 e. The molecule has 0 bridgehead atoms. The molecule has 15 heavy (non-hydrogen) atoms. The van der Waals surface area contributed by atoms with E-state index in [-0.39, 0.29) is 12.0 Å². The van der Waals surface area contributed by atoms with Crippen LogP contribution >= 0.6 is 11.3 Å². The fourth-order valence-electron chi connectivity index (χ4n) is 1.63. The lowest BCUT2D eigenvalue weighted by Crippen LogP contribution is -2.15. The quantitative estimate of drug-likeness (QED) is 0.854. The molecule has 1 saturated heterocycles. The fraction of sp³-hybridized carbons (Fsp3) is 0.600. The van der Waals surface area contributed by atoms with Gasteiger partial charge in [0.05, 0.1) is 6.10 Å².